The third-order valence-electron chi connectivity index (χ3n) is 3.07. The van der Waals surface area contributed by atoms with Gasteiger partial charge in [-0.05, 0) is 24.1 Å². The summed E-state index contributed by atoms with van der Waals surface area (Å²) in [5.41, 5.74) is 12.7. The van der Waals surface area contributed by atoms with Crippen LogP contribution in [0.15, 0.2) is 18.2 Å². The van der Waals surface area contributed by atoms with Crippen molar-refractivity contribution in [2.75, 3.05) is 37.5 Å². The molecular weight excluding hydrogens is 306 g/mol. The van der Waals surface area contributed by atoms with E-state index in [2.05, 4.69) is 15.3 Å². The molecule has 7 nitrogen and oxygen atoms in total. The molecule has 0 atom stereocenters. The number of ether oxygens (including phenoxy) is 2. The molecular formula is C14H18ClN5O2. The van der Waals surface area contributed by atoms with Crippen molar-refractivity contribution in [1.82, 2.24) is 9.97 Å². The van der Waals surface area contributed by atoms with E-state index in [-0.39, 0.29) is 16.8 Å². The van der Waals surface area contributed by atoms with Crippen LogP contribution in [0.2, 0.25) is 5.15 Å². The van der Waals surface area contributed by atoms with Gasteiger partial charge in [-0.3, -0.25) is 0 Å². The van der Waals surface area contributed by atoms with E-state index in [4.69, 9.17) is 32.5 Å². The summed E-state index contributed by atoms with van der Waals surface area (Å²) in [6.45, 7) is 0.604. The monoisotopic (exact) mass is 323 g/mol. The van der Waals surface area contributed by atoms with E-state index in [0.29, 0.717) is 23.9 Å². The van der Waals surface area contributed by atoms with Crippen molar-refractivity contribution in [3.8, 4) is 11.5 Å². The standard InChI is InChI=1S/C14H18ClN5O2/c1-21-9-4-3-8(7-10(9)22-2)5-6-18-13-11(16)12(15)19-14(17)20-13/h3-4,7H,5-6,16H2,1-2H3,(H3,17,18,19,20). The number of aromatic nitrogens is 2. The average Bonchev–Trinajstić information content (AvgIpc) is 2.51. The summed E-state index contributed by atoms with van der Waals surface area (Å²) >= 11 is 5.86. The van der Waals surface area contributed by atoms with Crippen LogP contribution >= 0.6 is 11.6 Å². The minimum absolute atomic E-state index is 0.0767. The van der Waals surface area contributed by atoms with Gasteiger partial charge >= 0.3 is 0 Å². The van der Waals surface area contributed by atoms with Gasteiger partial charge in [0.2, 0.25) is 5.95 Å². The van der Waals surface area contributed by atoms with E-state index in [1.54, 1.807) is 14.2 Å². The molecule has 1 heterocycles. The van der Waals surface area contributed by atoms with Crippen molar-refractivity contribution in [1.29, 1.82) is 0 Å². The van der Waals surface area contributed by atoms with Gasteiger partial charge in [-0.1, -0.05) is 17.7 Å². The Bertz CT molecular complexity index is 666. The second kappa shape index (κ2) is 7.04. The maximum absolute atomic E-state index is 5.86. The summed E-state index contributed by atoms with van der Waals surface area (Å²) in [4.78, 5) is 7.81. The number of halogens is 1. The fraction of sp³-hybridized carbons (Fsp3) is 0.286. The van der Waals surface area contributed by atoms with Gasteiger partial charge in [0, 0.05) is 6.54 Å². The molecule has 0 aliphatic carbocycles. The van der Waals surface area contributed by atoms with Gasteiger partial charge in [-0.15, -0.1) is 0 Å². The summed E-state index contributed by atoms with van der Waals surface area (Å²) in [6, 6.07) is 5.75. The van der Waals surface area contributed by atoms with Crippen molar-refractivity contribution >= 4 is 29.1 Å². The lowest BCUT2D eigenvalue weighted by Gasteiger charge is -2.11. The fourth-order valence-electron chi connectivity index (χ4n) is 1.95. The van der Waals surface area contributed by atoms with Crippen LogP contribution in [-0.2, 0) is 6.42 Å². The fourth-order valence-corrected chi connectivity index (χ4v) is 2.13. The number of rotatable bonds is 6. The molecule has 2 aromatic rings. The Morgan fingerprint density at radius 1 is 1.14 bits per heavy atom. The molecule has 1 aromatic carbocycles. The maximum Gasteiger partial charge on any atom is 0.223 e. The normalized spacial score (nSPS) is 10.3. The lowest BCUT2D eigenvalue weighted by molar-refractivity contribution is 0.354. The van der Waals surface area contributed by atoms with E-state index in [1.807, 2.05) is 18.2 Å². The van der Waals surface area contributed by atoms with Crippen LogP contribution in [0.4, 0.5) is 17.5 Å². The molecule has 5 N–H and O–H groups in total. The Morgan fingerprint density at radius 3 is 2.55 bits per heavy atom. The van der Waals surface area contributed by atoms with Crippen LogP contribution in [0, 0.1) is 0 Å². The van der Waals surface area contributed by atoms with E-state index in [1.165, 1.54) is 0 Å². The highest BCUT2D eigenvalue weighted by atomic mass is 35.5. The Balaban J connectivity index is 2.02. The second-order valence-electron chi connectivity index (χ2n) is 4.50. The van der Waals surface area contributed by atoms with Crippen LogP contribution in [0.5, 0.6) is 11.5 Å². The molecule has 0 saturated heterocycles. The third-order valence-corrected chi connectivity index (χ3v) is 3.36. The molecule has 0 fully saturated rings. The summed E-state index contributed by atoms with van der Waals surface area (Å²) in [6.07, 6.45) is 0.737. The highest BCUT2D eigenvalue weighted by molar-refractivity contribution is 6.32. The first-order valence-corrected chi connectivity index (χ1v) is 6.96. The molecule has 0 radical (unpaired) electrons. The molecule has 8 heteroatoms. The molecule has 0 unspecified atom stereocenters. The Morgan fingerprint density at radius 2 is 1.86 bits per heavy atom. The van der Waals surface area contributed by atoms with Crippen LogP contribution in [0.1, 0.15) is 5.56 Å². The smallest absolute Gasteiger partial charge is 0.223 e. The van der Waals surface area contributed by atoms with Crippen molar-refractivity contribution in [3.63, 3.8) is 0 Å². The Kier molecular flexibility index (Phi) is 5.11. The van der Waals surface area contributed by atoms with Gasteiger partial charge in [0.1, 0.15) is 5.69 Å². The summed E-state index contributed by atoms with van der Waals surface area (Å²) in [7, 11) is 3.21. The zero-order valence-corrected chi connectivity index (χ0v) is 13.1. The Hall–Kier alpha value is -2.41. The van der Waals surface area contributed by atoms with Gasteiger partial charge in [-0.2, -0.15) is 9.97 Å². The maximum atomic E-state index is 5.86. The molecule has 0 aliphatic heterocycles. The highest BCUT2D eigenvalue weighted by Crippen LogP contribution is 2.28. The SMILES string of the molecule is COc1ccc(CCNc2nc(N)nc(Cl)c2N)cc1OC. The summed E-state index contributed by atoms with van der Waals surface area (Å²) in [5, 5.41) is 3.24. The molecule has 0 saturated carbocycles. The zero-order valence-electron chi connectivity index (χ0n) is 12.4. The number of hydrogen-bond acceptors (Lipinski definition) is 7. The quantitative estimate of drug-likeness (QED) is 0.697. The molecule has 22 heavy (non-hydrogen) atoms. The van der Waals surface area contributed by atoms with E-state index >= 15 is 0 Å². The lowest BCUT2D eigenvalue weighted by atomic mass is 10.1. The molecule has 1 aromatic heterocycles. The number of nitrogen functional groups attached to an aromatic ring is 2. The van der Waals surface area contributed by atoms with Gasteiger partial charge in [-0.25, -0.2) is 0 Å². The number of anilines is 3. The summed E-state index contributed by atoms with van der Waals surface area (Å²) < 4.78 is 10.5. The highest BCUT2D eigenvalue weighted by Gasteiger charge is 2.09. The van der Waals surface area contributed by atoms with Gasteiger partial charge in [0.15, 0.2) is 22.5 Å². The molecule has 0 aliphatic rings. The van der Waals surface area contributed by atoms with Crippen LogP contribution in [0.3, 0.4) is 0 Å². The minimum atomic E-state index is 0.0767. The van der Waals surface area contributed by atoms with Crippen LogP contribution in [-0.4, -0.2) is 30.7 Å². The lowest BCUT2D eigenvalue weighted by Crippen LogP contribution is -2.11. The van der Waals surface area contributed by atoms with Crippen molar-refractivity contribution in [2.24, 2.45) is 0 Å². The number of nitrogens with two attached hydrogens (primary N) is 2. The molecule has 0 amide bonds. The van der Waals surface area contributed by atoms with Gasteiger partial charge < -0.3 is 26.3 Å². The van der Waals surface area contributed by atoms with Crippen LogP contribution < -0.4 is 26.3 Å². The average molecular weight is 324 g/mol. The number of hydrogen-bond donors (Lipinski definition) is 3. The molecule has 0 spiro atoms. The van der Waals surface area contributed by atoms with Crippen molar-refractivity contribution in [2.45, 2.75) is 6.42 Å². The van der Waals surface area contributed by atoms with Gasteiger partial charge in [0.05, 0.1) is 14.2 Å². The van der Waals surface area contributed by atoms with Gasteiger partial charge in [0.25, 0.3) is 0 Å². The van der Waals surface area contributed by atoms with Crippen molar-refractivity contribution in [3.05, 3.63) is 28.9 Å². The van der Waals surface area contributed by atoms with Crippen molar-refractivity contribution < 1.29 is 9.47 Å². The Labute approximate surface area is 133 Å². The second-order valence-corrected chi connectivity index (χ2v) is 4.86. The molecule has 118 valence electrons. The predicted molar refractivity (Wildman–Crippen MR) is 87.6 cm³/mol. The minimum Gasteiger partial charge on any atom is -0.493 e. The third kappa shape index (κ3) is 3.62. The van der Waals surface area contributed by atoms with E-state index in [0.717, 1.165) is 12.0 Å². The number of benzene rings is 1. The zero-order chi connectivity index (χ0) is 16.1. The number of nitrogens with zero attached hydrogens (tertiary/aromatic N) is 2. The predicted octanol–water partition coefficient (Wildman–Crippen LogP) is 1.97. The van der Waals surface area contributed by atoms with E-state index < -0.39 is 0 Å². The topological polar surface area (TPSA) is 108 Å². The molecule has 0 bridgehead atoms. The number of methoxy groups -OCH3 is 2. The first kappa shape index (κ1) is 16.0. The summed E-state index contributed by atoms with van der Waals surface area (Å²) in [5.74, 6) is 1.89. The molecule has 2 rings (SSSR count). The van der Waals surface area contributed by atoms with Crippen LogP contribution in [0.25, 0.3) is 0 Å². The largest absolute Gasteiger partial charge is 0.493 e. The number of nitrogens with one attached hydrogen (secondary N) is 1. The van der Waals surface area contributed by atoms with E-state index in [9.17, 15) is 0 Å². The first-order valence-electron chi connectivity index (χ1n) is 6.58. The first-order chi connectivity index (χ1) is 10.5.